The second kappa shape index (κ2) is 11.3. The van der Waals surface area contributed by atoms with E-state index in [1.54, 1.807) is 19.1 Å². The Hall–Kier alpha value is -0.793. The third kappa shape index (κ3) is 8.40. The monoisotopic (exact) mass is 435 g/mol. The number of ether oxygens (including phenoxy) is 3. The minimum Gasteiger partial charge on any atom is -0.467 e. The van der Waals surface area contributed by atoms with E-state index < -0.39 is 8.07 Å². The Morgan fingerprint density at radius 2 is 1.93 bits per heavy atom. The standard InChI is InChI=1S/C19H31Cl2NO4Si/c1-6-25-17(23)11-14(13(2)22)18-16(8-7-15(20)19(18)21)26-12-24-9-10-27(3,4)5/h7-8,13-14H,6,9-12,22H2,1-5H3/t13-,14+/m1/s1. The molecule has 1 rings (SSSR count). The lowest BCUT2D eigenvalue weighted by Gasteiger charge is -2.25. The lowest BCUT2D eigenvalue weighted by Crippen LogP contribution is -2.28. The molecule has 8 heteroatoms. The first-order chi connectivity index (χ1) is 12.6. The van der Waals surface area contributed by atoms with Gasteiger partial charge in [-0.05, 0) is 32.0 Å². The molecule has 0 fully saturated rings. The summed E-state index contributed by atoms with van der Waals surface area (Å²) < 4.78 is 16.5. The molecule has 0 unspecified atom stereocenters. The highest BCUT2D eigenvalue weighted by atomic mass is 35.5. The summed E-state index contributed by atoms with van der Waals surface area (Å²) in [5, 5.41) is 0.719. The van der Waals surface area contributed by atoms with Crippen molar-refractivity contribution in [2.45, 2.75) is 57.9 Å². The maximum Gasteiger partial charge on any atom is 0.306 e. The summed E-state index contributed by atoms with van der Waals surface area (Å²) in [6.07, 6.45) is 0.0956. The highest BCUT2D eigenvalue weighted by Crippen LogP contribution is 2.40. The number of benzene rings is 1. The van der Waals surface area contributed by atoms with Crippen LogP contribution in [0.1, 0.15) is 31.7 Å². The Kier molecular flexibility index (Phi) is 10.1. The number of carbonyl (C=O) groups is 1. The van der Waals surface area contributed by atoms with Gasteiger partial charge in [-0.2, -0.15) is 0 Å². The van der Waals surface area contributed by atoms with Crippen LogP contribution in [0.5, 0.6) is 5.75 Å². The zero-order valence-electron chi connectivity index (χ0n) is 16.8. The van der Waals surface area contributed by atoms with Crippen molar-refractivity contribution in [3.05, 3.63) is 27.7 Å². The van der Waals surface area contributed by atoms with E-state index in [4.69, 9.17) is 43.1 Å². The number of halogens is 2. The molecule has 1 aromatic rings. The van der Waals surface area contributed by atoms with Gasteiger partial charge in [0.15, 0.2) is 6.79 Å². The average molecular weight is 436 g/mol. The summed E-state index contributed by atoms with van der Waals surface area (Å²) in [6.45, 7) is 11.5. The van der Waals surface area contributed by atoms with Crippen LogP contribution in [-0.2, 0) is 14.3 Å². The van der Waals surface area contributed by atoms with Crippen LogP contribution in [0.25, 0.3) is 0 Å². The first kappa shape index (κ1) is 24.2. The minimum atomic E-state index is -1.16. The van der Waals surface area contributed by atoms with Crippen LogP contribution in [0.3, 0.4) is 0 Å². The van der Waals surface area contributed by atoms with Gasteiger partial charge in [0.05, 0.1) is 23.1 Å². The van der Waals surface area contributed by atoms with Gasteiger partial charge in [-0.15, -0.1) is 0 Å². The third-order valence-electron chi connectivity index (χ3n) is 4.08. The Balaban J connectivity index is 2.95. The molecule has 0 aliphatic rings. The van der Waals surface area contributed by atoms with E-state index >= 15 is 0 Å². The van der Waals surface area contributed by atoms with Crippen molar-refractivity contribution in [1.82, 2.24) is 0 Å². The van der Waals surface area contributed by atoms with E-state index in [-0.39, 0.29) is 31.1 Å². The Morgan fingerprint density at radius 3 is 2.48 bits per heavy atom. The molecule has 0 aliphatic heterocycles. The summed E-state index contributed by atoms with van der Waals surface area (Å²) in [6, 6.07) is 4.09. The van der Waals surface area contributed by atoms with Crippen LogP contribution in [-0.4, -0.2) is 40.1 Å². The summed E-state index contributed by atoms with van der Waals surface area (Å²) >= 11 is 12.6. The number of hydrogen-bond acceptors (Lipinski definition) is 5. The maximum atomic E-state index is 12.0. The largest absolute Gasteiger partial charge is 0.467 e. The number of carbonyl (C=O) groups excluding carboxylic acids is 1. The van der Waals surface area contributed by atoms with Gasteiger partial charge in [0, 0.05) is 32.2 Å². The number of nitrogens with two attached hydrogens (primary N) is 1. The van der Waals surface area contributed by atoms with Gasteiger partial charge < -0.3 is 19.9 Å². The molecule has 2 atom stereocenters. The van der Waals surface area contributed by atoms with Crippen LogP contribution in [0.4, 0.5) is 0 Å². The molecule has 27 heavy (non-hydrogen) atoms. The van der Waals surface area contributed by atoms with Crippen LogP contribution in [0.15, 0.2) is 12.1 Å². The summed E-state index contributed by atoms with van der Waals surface area (Å²) in [4.78, 5) is 12.0. The van der Waals surface area contributed by atoms with Gasteiger partial charge in [-0.3, -0.25) is 4.79 Å². The van der Waals surface area contributed by atoms with Crippen LogP contribution in [0.2, 0.25) is 35.7 Å². The molecule has 0 spiro atoms. The van der Waals surface area contributed by atoms with Crippen molar-refractivity contribution in [2.75, 3.05) is 20.0 Å². The topological polar surface area (TPSA) is 70.8 Å². The number of hydrogen-bond donors (Lipinski definition) is 1. The number of rotatable bonds is 11. The van der Waals surface area contributed by atoms with Crippen molar-refractivity contribution in [2.24, 2.45) is 5.73 Å². The molecule has 0 radical (unpaired) electrons. The summed E-state index contributed by atoms with van der Waals surface area (Å²) in [5.41, 5.74) is 6.75. The average Bonchev–Trinajstić information content (AvgIpc) is 2.55. The van der Waals surface area contributed by atoms with Crippen molar-refractivity contribution < 1.29 is 19.0 Å². The molecule has 1 aromatic carbocycles. The van der Waals surface area contributed by atoms with Gasteiger partial charge in [0.1, 0.15) is 5.75 Å². The van der Waals surface area contributed by atoms with Crippen molar-refractivity contribution in [3.8, 4) is 5.75 Å². The lowest BCUT2D eigenvalue weighted by atomic mass is 9.89. The molecular formula is C19H31Cl2NO4Si. The Labute approximate surface area is 173 Å². The molecule has 0 saturated carbocycles. The van der Waals surface area contributed by atoms with E-state index in [1.165, 1.54) is 0 Å². The van der Waals surface area contributed by atoms with E-state index in [9.17, 15) is 4.79 Å². The predicted octanol–water partition coefficient (Wildman–Crippen LogP) is 5.07. The quantitative estimate of drug-likeness (QED) is 0.227. The van der Waals surface area contributed by atoms with Gasteiger partial charge in [0.25, 0.3) is 0 Å². The Morgan fingerprint density at radius 1 is 1.26 bits per heavy atom. The maximum absolute atomic E-state index is 12.0. The molecule has 5 nitrogen and oxygen atoms in total. The highest BCUT2D eigenvalue weighted by Gasteiger charge is 2.28. The molecule has 0 aliphatic carbocycles. The number of esters is 1. The molecule has 0 saturated heterocycles. The molecule has 2 N–H and O–H groups in total. The van der Waals surface area contributed by atoms with Crippen LogP contribution < -0.4 is 10.5 Å². The molecule has 0 bridgehead atoms. The van der Waals surface area contributed by atoms with E-state index in [1.807, 2.05) is 6.92 Å². The van der Waals surface area contributed by atoms with Crippen LogP contribution >= 0.6 is 23.2 Å². The molecule has 154 valence electrons. The predicted molar refractivity (Wildman–Crippen MR) is 114 cm³/mol. The molecular weight excluding hydrogens is 405 g/mol. The molecule has 0 amide bonds. The third-order valence-corrected chi connectivity index (χ3v) is 6.61. The first-order valence-electron chi connectivity index (χ1n) is 9.16. The van der Waals surface area contributed by atoms with E-state index in [2.05, 4.69) is 19.6 Å². The zero-order valence-corrected chi connectivity index (χ0v) is 19.3. The fourth-order valence-corrected chi connectivity index (χ4v) is 3.73. The highest BCUT2D eigenvalue weighted by molar-refractivity contribution is 6.76. The van der Waals surface area contributed by atoms with Gasteiger partial charge in [-0.1, -0.05) is 42.8 Å². The van der Waals surface area contributed by atoms with Crippen LogP contribution in [0, 0.1) is 0 Å². The minimum absolute atomic E-state index is 0.0956. The first-order valence-corrected chi connectivity index (χ1v) is 13.6. The van der Waals surface area contributed by atoms with Crippen molar-refractivity contribution in [1.29, 1.82) is 0 Å². The van der Waals surface area contributed by atoms with Gasteiger partial charge in [-0.25, -0.2) is 0 Å². The van der Waals surface area contributed by atoms with Gasteiger partial charge in [0.2, 0.25) is 0 Å². The fraction of sp³-hybridized carbons (Fsp3) is 0.632. The lowest BCUT2D eigenvalue weighted by molar-refractivity contribution is -0.143. The zero-order chi connectivity index (χ0) is 20.6. The van der Waals surface area contributed by atoms with Crippen molar-refractivity contribution >= 4 is 37.2 Å². The molecule has 0 aromatic heterocycles. The van der Waals surface area contributed by atoms with E-state index in [0.29, 0.717) is 34.6 Å². The molecule has 0 heterocycles. The SMILES string of the molecule is CCOC(=O)C[C@H](c1c(OCOCC[Si](C)(C)C)ccc(Cl)c1Cl)[C@@H](C)N. The second-order valence-electron chi connectivity index (χ2n) is 7.73. The van der Waals surface area contributed by atoms with Gasteiger partial charge >= 0.3 is 5.97 Å². The smallest absolute Gasteiger partial charge is 0.306 e. The van der Waals surface area contributed by atoms with Crippen molar-refractivity contribution in [3.63, 3.8) is 0 Å². The van der Waals surface area contributed by atoms with E-state index in [0.717, 1.165) is 6.04 Å². The summed E-state index contributed by atoms with van der Waals surface area (Å²) in [7, 11) is -1.16. The second-order valence-corrected chi connectivity index (χ2v) is 14.1. The fourth-order valence-electron chi connectivity index (χ4n) is 2.51. The summed E-state index contributed by atoms with van der Waals surface area (Å²) in [5.74, 6) is -0.204. The normalized spacial score (nSPS) is 13.9. The Bertz CT molecular complexity index is 620.